The summed E-state index contributed by atoms with van der Waals surface area (Å²) in [6.07, 6.45) is 1.57. The summed E-state index contributed by atoms with van der Waals surface area (Å²) < 4.78 is 10.2. The lowest BCUT2D eigenvalue weighted by molar-refractivity contribution is -0.150. The molecule has 0 aliphatic heterocycles. The van der Waals surface area contributed by atoms with E-state index in [9.17, 15) is 4.79 Å². The van der Waals surface area contributed by atoms with E-state index >= 15 is 0 Å². The number of ether oxygens (including phenoxy) is 2. The predicted octanol–water partition coefficient (Wildman–Crippen LogP) is 1.37. The van der Waals surface area contributed by atoms with Crippen LogP contribution in [0.15, 0.2) is 12.4 Å². The smallest absolute Gasteiger partial charge is 0.347 e. The first-order valence-corrected chi connectivity index (χ1v) is 5.31. The molecule has 1 unspecified atom stereocenters. The van der Waals surface area contributed by atoms with Gasteiger partial charge in [0.25, 0.3) is 0 Å². The molecular weight excluding hydrogens is 208 g/mol. The Morgan fingerprint density at radius 1 is 1.44 bits per heavy atom. The van der Waals surface area contributed by atoms with Crippen molar-refractivity contribution < 1.29 is 14.3 Å². The second-order valence-electron chi connectivity index (χ2n) is 3.21. The van der Waals surface area contributed by atoms with Crippen molar-refractivity contribution in [3.05, 3.63) is 18.1 Å². The highest BCUT2D eigenvalue weighted by atomic mass is 16.6. The van der Waals surface area contributed by atoms with Gasteiger partial charge in [-0.25, -0.2) is 14.8 Å². The molecule has 0 fully saturated rings. The average Bonchev–Trinajstić information content (AvgIpc) is 2.29. The Bertz CT molecular complexity index is 355. The van der Waals surface area contributed by atoms with E-state index in [4.69, 9.17) is 9.47 Å². The molecule has 1 atom stereocenters. The van der Waals surface area contributed by atoms with Gasteiger partial charge in [-0.3, -0.25) is 0 Å². The van der Waals surface area contributed by atoms with Gasteiger partial charge in [-0.2, -0.15) is 0 Å². The van der Waals surface area contributed by atoms with Crippen molar-refractivity contribution in [2.45, 2.75) is 33.3 Å². The first kappa shape index (κ1) is 12.4. The number of nitrogens with zero attached hydrogens (tertiary/aromatic N) is 2. The molecule has 1 aromatic heterocycles. The Morgan fingerprint density at radius 3 is 2.81 bits per heavy atom. The summed E-state index contributed by atoms with van der Waals surface area (Å²) in [4.78, 5) is 19.3. The quantitative estimate of drug-likeness (QED) is 0.707. The maximum Gasteiger partial charge on any atom is 0.347 e. The number of esters is 1. The zero-order valence-electron chi connectivity index (χ0n) is 9.77. The highest BCUT2D eigenvalue weighted by Gasteiger charge is 2.16. The summed E-state index contributed by atoms with van der Waals surface area (Å²) in [5.74, 6) is 0.00608. The van der Waals surface area contributed by atoms with Gasteiger partial charge in [-0.05, 0) is 20.3 Å². The molecule has 0 aliphatic carbocycles. The maximum atomic E-state index is 11.3. The summed E-state index contributed by atoms with van der Waals surface area (Å²) >= 11 is 0. The summed E-state index contributed by atoms with van der Waals surface area (Å²) in [7, 11) is 0. The zero-order valence-corrected chi connectivity index (χ0v) is 9.77. The molecule has 88 valence electrons. The average molecular weight is 224 g/mol. The second kappa shape index (κ2) is 6.05. The molecule has 0 bridgehead atoms. The molecule has 1 aromatic rings. The number of rotatable bonds is 5. The van der Waals surface area contributed by atoms with E-state index in [1.165, 1.54) is 6.33 Å². The van der Waals surface area contributed by atoms with E-state index in [-0.39, 0.29) is 5.97 Å². The molecule has 0 spiro atoms. The number of carbonyl (C=O) groups excluding carboxylic acids is 1. The highest BCUT2D eigenvalue weighted by molar-refractivity contribution is 5.74. The molecule has 0 saturated heterocycles. The lowest BCUT2D eigenvalue weighted by Crippen LogP contribution is -2.26. The third kappa shape index (κ3) is 3.49. The topological polar surface area (TPSA) is 61.3 Å². The standard InChI is InChI=1S/C11H16N2O3/c1-4-9-6-10(13-7-12-9)16-8(3)11(14)15-5-2/h6-8H,4-5H2,1-3H3. The largest absolute Gasteiger partial charge is 0.463 e. The first-order valence-electron chi connectivity index (χ1n) is 5.31. The van der Waals surface area contributed by atoms with E-state index in [1.54, 1.807) is 19.9 Å². The number of aryl methyl sites for hydroxylation is 1. The Kier molecular flexibility index (Phi) is 4.69. The predicted molar refractivity (Wildman–Crippen MR) is 58.1 cm³/mol. The fourth-order valence-electron chi connectivity index (χ4n) is 1.12. The molecule has 0 saturated carbocycles. The van der Waals surface area contributed by atoms with E-state index in [0.29, 0.717) is 12.5 Å². The van der Waals surface area contributed by atoms with E-state index in [1.807, 2.05) is 6.92 Å². The van der Waals surface area contributed by atoms with Gasteiger partial charge in [0.05, 0.1) is 6.61 Å². The second-order valence-corrected chi connectivity index (χ2v) is 3.21. The molecular formula is C11H16N2O3. The minimum atomic E-state index is -0.653. The lowest BCUT2D eigenvalue weighted by atomic mass is 10.3. The molecule has 5 heteroatoms. The van der Waals surface area contributed by atoms with E-state index in [0.717, 1.165) is 12.1 Å². The van der Waals surface area contributed by atoms with Gasteiger partial charge in [0.15, 0.2) is 6.10 Å². The molecule has 1 heterocycles. The molecule has 16 heavy (non-hydrogen) atoms. The van der Waals surface area contributed by atoms with Gasteiger partial charge in [-0.15, -0.1) is 0 Å². The Balaban J connectivity index is 2.61. The molecule has 0 aliphatic rings. The fraction of sp³-hybridized carbons (Fsp3) is 0.545. The van der Waals surface area contributed by atoms with Crippen LogP contribution in [0.25, 0.3) is 0 Å². The van der Waals surface area contributed by atoms with Crippen LogP contribution in [0.3, 0.4) is 0 Å². The number of carbonyl (C=O) groups is 1. The van der Waals surface area contributed by atoms with E-state index < -0.39 is 6.10 Å². The van der Waals surface area contributed by atoms with Crippen molar-refractivity contribution in [2.75, 3.05) is 6.61 Å². The molecule has 5 nitrogen and oxygen atoms in total. The van der Waals surface area contributed by atoms with Crippen LogP contribution in [0, 0.1) is 0 Å². The zero-order chi connectivity index (χ0) is 12.0. The van der Waals surface area contributed by atoms with Gasteiger partial charge < -0.3 is 9.47 Å². The van der Waals surface area contributed by atoms with Crippen molar-refractivity contribution in [3.8, 4) is 5.88 Å². The third-order valence-corrected chi connectivity index (χ3v) is 1.98. The Labute approximate surface area is 94.8 Å². The summed E-state index contributed by atoms with van der Waals surface area (Å²) in [5.41, 5.74) is 0.876. The number of hydrogen-bond donors (Lipinski definition) is 0. The Hall–Kier alpha value is -1.65. The van der Waals surface area contributed by atoms with Crippen LogP contribution in [-0.2, 0) is 16.0 Å². The van der Waals surface area contributed by atoms with Gasteiger partial charge >= 0.3 is 5.97 Å². The van der Waals surface area contributed by atoms with Gasteiger partial charge in [0, 0.05) is 11.8 Å². The third-order valence-electron chi connectivity index (χ3n) is 1.98. The lowest BCUT2D eigenvalue weighted by Gasteiger charge is -2.12. The van der Waals surface area contributed by atoms with E-state index in [2.05, 4.69) is 9.97 Å². The highest BCUT2D eigenvalue weighted by Crippen LogP contribution is 2.10. The molecule has 0 N–H and O–H groups in total. The molecule has 0 amide bonds. The summed E-state index contributed by atoms with van der Waals surface area (Å²) in [6.45, 7) is 5.72. The minimum absolute atomic E-state index is 0.344. The van der Waals surface area contributed by atoms with Crippen molar-refractivity contribution >= 4 is 5.97 Å². The summed E-state index contributed by atoms with van der Waals surface area (Å²) in [5, 5.41) is 0. The van der Waals surface area contributed by atoms with Crippen LogP contribution < -0.4 is 4.74 Å². The normalized spacial score (nSPS) is 11.9. The van der Waals surface area contributed by atoms with Gasteiger partial charge in [-0.1, -0.05) is 6.92 Å². The van der Waals surface area contributed by atoms with Crippen LogP contribution in [-0.4, -0.2) is 28.6 Å². The van der Waals surface area contributed by atoms with Crippen LogP contribution >= 0.6 is 0 Å². The SMILES string of the molecule is CCOC(=O)C(C)Oc1cc(CC)ncn1. The van der Waals surface area contributed by atoms with Crippen molar-refractivity contribution in [3.63, 3.8) is 0 Å². The molecule has 0 radical (unpaired) electrons. The number of aromatic nitrogens is 2. The van der Waals surface area contributed by atoms with Gasteiger partial charge in [0.2, 0.25) is 5.88 Å². The van der Waals surface area contributed by atoms with Crippen LogP contribution in [0.4, 0.5) is 0 Å². The maximum absolute atomic E-state index is 11.3. The molecule has 1 rings (SSSR count). The van der Waals surface area contributed by atoms with Crippen molar-refractivity contribution in [1.82, 2.24) is 9.97 Å². The van der Waals surface area contributed by atoms with Crippen LogP contribution in [0.1, 0.15) is 26.5 Å². The van der Waals surface area contributed by atoms with Gasteiger partial charge in [0.1, 0.15) is 6.33 Å². The minimum Gasteiger partial charge on any atom is -0.463 e. The van der Waals surface area contributed by atoms with Crippen LogP contribution in [0.5, 0.6) is 5.88 Å². The molecule has 0 aromatic carbocycles. The monoisotopic (exact) mass is 224 g/mol. The fourth-order valence-corrected chi connectivity index (χ4v) is 1.12. The summed E-state index contributed by atoms with van der Waals surface area (Å²) in [6, 6.07) is 1.72. The number of hydrogen-bond acceptors (Lipinski definition) is 5. The Morgan fingerprint density at radius 2 is 2.19 bits per heavy atom. The van der Waals surface area contributed by atoms with Crippen molar-refractivity contribution in [1.29, 1.82) is 0 Å². The van der Waals surface area contributed by atoms with Crippen LogP contribution in [0.2, 0.25) is 0 Å². The first-order chi connectivity index (χ1) is 7.67. The van der Waals surface area contributed by atoms with Crippen molar-refractivity contribution in [2.24, 2.45) is 0 Å².